The Balaban J connectivity index is 2.15. The molecule has 23 heavy (non-hydrogen) atoms. The highest BCUT2D eigenvalue weighted by molar-refractivity contribution is 5.92. The maximum Gasteiger partial charge on any atom is 0.352 e. The molecule has 120 valence electrons. The number of carboxylic acid groups (broad SMARTS) is 1. The van der Waals surface area contributed by atoms with Gasteiger partial charge in [-0.3, -0.25) is 0 Å². The molecule has 5 nitrogen and oxygen atoms in total. The van der Waals surface area contributed by atoms with Crippen LogP contribution in [0.3, 0.4) is 0 Å². The van der Waals surface area contributed by atoms with Gasteiger partial charge in [0.1, 0.15) is 17.1 Å². The van der Waals surface area contributed by atoms with Gasteiger partial charge >= 0.3 is 11.9 Å². The number of benzene rings is 2. The highest BCUT2D eigenvalue weighted by atomic mass is 16.6. The van der Waals surface area contributed by atoms with Crippen LogP contribution in [0.1, 0.15) is 29.3 Å². The number of carboxylic acids is 1. The zero-order valence-corrected chi connectivity index (χ0v) is 13.0. The maximum absolute atomic E-state index is 12.3. The zero-order valence-electron chi connectivity index (χ0n) is 13.0. The fourth-order valence-electron chi connectivity index (χ4n) is 2.05. The van der Waals surface area contributed by atoms with Gasteiger partial charge in [-0.25, -0.2) is 9.59 Å². The zero-order chi connectivity index (χ0) is 16.8. The first-order valence-corrected chi connectivity index (χ1v) is 7.29. The molecule has 0 bridgehead atoms. The Hall–Kier alpha value is -2.82. The van der Waals surface area contributed by atoms with Crippen molar-refractivity contribution in [1.29, 1.82) is 0 Å². The summed E-state index contributed by atoms with van der Waals surface area (Å²) >= 11 is 0. The third-order valence-corrected chi connectivity index (χ3v) is 3.32. The van der Waals surface area contributed by atoms with Crippen LogP contribution in [0.2, 0.25) is 0 Å². The molecule has 0 spiro atoms. The average molecular weight is 314 g/mol. The van der Waals surface area contributed by atoms with E-state index in [-0.39, 0.29) is 11.3 Å². The van der Waals surface area contributed by atoms with Gasteiger partial charge in [0.15, 0.2) is 6.10 Å². The Labute approximate surface area is 134 Å². The van der Waals surface area contributed by atoms with Gasteiger partial charge in [-0.15, -0.1) is 0 Å². The predicted octanol–water partition coefficient (Wildman–Crippen LogP) is 3.46. The van der Waals surface area contributed by atoms with Crippen LogP contribution < -0.4 is 9.47 Å². The summed E-state index contributed by atoms with van der Waals surface area (Å²) in [5.74, 6) is -1.16. The lowest BCUT2D eigenvalue weighted by atomic mass is 10.2. The smallest absolute Gasteiger partial charge is 0.352 e. The van der Waals surface area contributed by atoms with Gasteiger partial charge in [0.05, 0.1) is 0 Å². The van der Waals surface area contributed by atoms with Gasteiger partial charge in [-0.1, -0.05) is 37.3 Å². The molecule has 0 aliphatic rings. The largest absolute Gasteiger partial charge is 0.478 e. The number of para-hydroxylation sites is 2. The molecular weight excluding hydrogens is 296 g/mol. The Morgan fingerprint density at radius 1 is 1.04 bits per heavy atom. The first-order chi connectivity index (χ1) is 11.0. The van der Waals surface area contributed by atoms with E-state index in [1.54, 1.807) is 25.1 Å². The minimum Gasteiger partial charge on any atom is -0.478 e. The van der Waals surface area contributed by atoms with Gasteiger partial charge in [0.25, 0.3) is 0 Å². The normalized spacial score (nSPS) is 11.6. The molecule has 0 saturated heterocycles. The number of carbonyl (C=O) groups is 2. The van der Waals surface area contributed by atoms with E-state index >= 15 is 0 Å². The highest BCUT2D eigenvalue weighted by Gasteiger charge is 2.23. The molecule has 0 aliphatic heterocycles. The fourth-order valence-corrected chi connectivity index (χ4v) is 2.05. The SMILES string of the molecule is CCC(Oc1ccccc1C)C(=O)Oc1ccccc1C(=O)O. The van der Waals surface area contributed by atoms with E-state index in [4.69, 9.17) is 14.6 Å². The second kappa shape index (κ2) is 7.45. The van der Waals surface area contributed by atoms with Crippen molar-refractivity contribution >= 4 is 11.9 Å². The average Bonchev–Trinajstić information content (AvgIpc) is 2.54. The van der Waals surface area contributed by atoms with Crippen LogP contribution in [0.5, 0.6) is 11.5 Å². The van der Waals surface area contributed by atoms with E-state index < -0.39 is 18.0 Å². The minimum atomic E-state index is -1.15. The summed E-state index contributed by atoms with van der Waals surface area (Å²) in [6, 6.07) is 13.4. The summed E-state index contributed by atoms with van der Waals surface area (Å²) < 4.78 is 10.9. The Morgan fingerprint density at radius 2 is 1.65 bits per heavy atom. The molecule has 2 aromatic rings. The van der Waals surface area contributed by atoms with E-state index in [1.165, 1.54) is 12.1 Å². The summed E-state index contributed by atoms with van der Waals surface area (Å²) in [7, 11) is 0. The van der Waals surface area contributed by atoms with Crippen LogP contribution in [-0.2, 0) is 4.79 Å². The van der Waals surface area contributed by atoms with Gasteiger partial charge in [-0.2, -0.15) is 0 Å². The van der Waals surface area contributed by atoms with Crippen molar-refractivity contribution < 1.29 is 24.2 Å². The molecule has 0 aromatic heterocycles. The van der Waals surface area contributed by atoms with E-state index in [2.05, 4.69) is 0 Å². The van der Waals surface area contributed by atoms with E-state index in [1.807, 2.05) is 25.1 Å². The lowest BCUT2D eigenvalue weighted by molar-refractivity contribution is -0.142. The van der Waals surface area contributed by atoms with Gasteiger partial charge in [-0.05, 0) is 37.1 Å². The molecule has 0 heterocycles. The third kappa shape index (κ3) is 4.10. The summed E-state index contributed by atoms with van der Waals surface area (Å²) in [6.45, 7) is 3.68. The predicted molar refractivity (Wildman–Crippen MR) is 84.9 cm³/mol. The van der Waals surface area contributed by atoms with Crippen molar-refractivity contribution in [2.75, 3.05) is 0 Å². The Kier molecular flexibility index (Phi) is 5.36. The number of hydrogen-bond donors (Lipinski definition) is 1. The van der Waals surface area contributed by atoms with Gasteiger partial charge in [0.2, 0.25) is 0 Å². The first-order valence-electron chi connectivity index (χ1n) is 7.29. The number of aromatic carboxylic acids is 1. The Morgan fingerprint density at radius 3 is 2.26 bits per heavy atom. The number of carbonyl (C=O) groups excluding carboxylic acids is 1. The quantitative estimate of drug-likeness (QED) is 0.653. The molecule has 2 rings (SSSR count). The van der Waals surface area contributed by atoms with Crippen LogP contribution in [0.25, 0.3) is 0 Å². The van der Waals surface area contributed by atoms with Crippen LogP contribution in [0.15, 0.2) is 48.5 Å². The second-order valence-electron chi connectivity index (χ2n) is 5.00. The molecule has 0 amide bonds. The van der Waals surface area contributed by atoms with Crippen LogP contribution >= 0.6 is 0 Å². The molecular formula is C18H18O5. The van der Waals surface area contributed by atoms with Gasteiger partial charge in [0, 0.05) is 0 Å². The maximum atomic E-state index is 12.3. The molecule has 5 heteroatoms. The number of aryl methyl sites for hydroxylation is 1. The summed E-state index contributed by atoms with van der Waals surface area (Å²) in [4.78, 5) is 23.4. The standard InChI is InChI=1S/C18H18O5/c1-3-14(22-15-10-6-4-8-12(15)2)18(21)23-16-11-7-5-9-13(16)17(19)20/h4-11,14H,3H2,1-2H3,(H,19,20). The van der Waals surface area contributed by atoms with Crippen molar-refractivity contribution in [2.45, 2.75) is 26.4 Å². The molecule has 2 aromatic carbocycles. The van der Waals surface area contributed by atoms with E-state index in [9.17, 15) is 9.59 Å². The third-order valence-electron chi connectivity index (χ3n) is 3.32. The molecule has 0 radical (unpaired) electrons. The summed E-state index contributed by atoms with van der Waals surface area (Å²) in [6.07, 6.45) is -0.402. The molecule has 1 atom stereocenters. The van der Waals surface area contributed by atoms with Crippen molar-refractivity contribution in [3.63, 3.8) is 0 Å². The monoisotopic (exact) mass is 314 g/mol. The van der Waals surface area contributed by atoms with Crippen LogP contribution in [-0.4, -0.2) is 23.1 Å². The van der Waals surface area contributed by atoms with Crippen molar-refractivity contribution in [3.05, 3.63) is 59.7 Å². The van der Waals surface area contributed by atoms with Crippen molar-refractivity contribution in [3.8, 4) is 11.5 Å². The lowest BCUT2D eigenvalue weighted by Crippen LogP contribution is -2.31. The van der Waals surface area contributed by atoms with E-state index in [0.29, 0.717) is 12.2 Å². The van der Waals surface area contributed by atoms with Crippen LogP contribution in [0.4, 0.5) is 0 Å². The molecule has 0 saturated carbocycles. The van der Waals surface area contributed by atoms with E-state index in [0.717, 1.165) is 5.56 Å². The van der Waals surface area contributed by atoms with Crippen LogP contribution in [0, 0.1) is 6.92 Å². The van der Waals surface area contributed by atoms with Gasteiger partial charge < -0.3 is 14.6 Å². The number of hydrogen-bond acceptors (Lipinski definition) is 4. The molecule has 1 unspecified atom stereocenters. The summed E-state index contributed by atoms with van der Waals surface area (Å²) in [5.41, 5.74) is 0.844. The number of esters is 1. The van der Waals surface area contributed by atoms with Crippen molar-refractivity contribution in [2.24, 2.45) is 0 Å². The topological polar surface area (TPSA) is 72.8 Å². The highest BCUT2D eigenvalue weighted by Crippen LogP contribution is 2.22. The molecule has 1 N–H and O–H groups in total. The summed E-state index contributed by atoms with van der Waals surface area (Å²) in [5, 5.41) is 9.12. The number of ether oxygens (including phenoxy) is 2. The first kappa shape index (κ1) is 16.5. The molecule has 0 aliphatic carbocycles. The van der Waals surface area contributed by atoms with Crippen molar-refractivity contribution in [1.82, 2.24) is 0 Å². The lowest BCUT2D eigenvalue weighted by Gasteiger charge is -2.18. The minimum absolute atomic E-state index is 0.0110. The number of rotatable bonds is 6. The molecule has 0 fully saturated rings. The fraction of sp³-hybridized carbons (Fsp3) is 0.222. The second-order valence-corrected chi connectivity index (χ2v) is 5.00. The Bertz CT molecular complexity index is 708.